The molecule has 0 aliphatic carbocycles. The highest BCUT2D eigenvalue weighted by Crippen LogP contribution is 2.27. The first kappa shape index (κ1) is 12.3. The van der Waals surface area contributed by atoms with Crippen molar-refractivity contribution in [1.29, 1.82) is 0 Å². The lowest BCUT2D eigenvalue weighted by molar-refractivity contribution is -0.314. The Kier molecular flexibility index (Phi) is 3.65. The normalized spacial score (nSPS) is 18.6. The molecule has 92 valence electrons. The Balaban J connectivity index is 2.32. The van der Waals surface area contributed by atoms with Crippen LogP contribution in [0.1, 0.15) is 18.6 Å². The van der Waals surface area contributed by atoms with Crippen molar-refractivity contribution in [2.75, 3.05) is 13.2 Å². The summed E-state index contributed by atoms with van der Waals surface area (Å²) in [6.45, 7) is 2.20. The number of hydroxylamine groups is 2. The molecule has 1 heterocycles. The topological polar surface area (TPSA) is 82.4 Å². The minimum absolute atomic E-state index is 0.0415. The van der Waals surface area contributed by atoms with Crippen molar-refractivity contribution >= 4 is 12.6 Å². The molecule has 0 spiro atoms. The third-order valence-corrected chi connectivity index (χ3v) is 2.62. The Morgan fingerprint density at radius 2 is 2.24 bits per heavy atom. The molecule has 0 saturated carbocycles. The minimum atomic E-state index is -1.10. The molecule has 1 atom stereocenters. The first-order valence-electron chi connectivity index (χ1n) is 5.38. The highest BCUT2D eigenvalue weighted by Gasteiger charge is 2.38. The minimum Gasteiger partial charge on any atom is -0.494 e. The van der Waals surface area contributed by atoms with E-state index in [1.165, 1.54) is 0 Å². The summed E-state index contributed by atoms with van der Waals surface area (Å²) < 4.78 is 10.6. The lowest BCUT2D eigenvalue weighted by Crippen LogP contribution is -2.30. The molecule has 1 unspecified atom stereocenters. The lowest BCUT2D eigenvalue weighted by atomic mass is 9.78. The monoisotopic (exact) mass is 239 g/mol. The van der Waals surface area contributed by atoms with E-state index in [0.29, 0.717) is 23.4 Å². The largest absolute Gasteiger partial charge is 0.495 e. The highest BCUT2D eigenvalue weighted by molar-refractivity contribution is 6.62. The molecule has 1 aliphatic heterocycles. The molecule has 7 heteroatoms. The number of hydrogen-bond acceptors (Lipinski definition) is 6. The van der Waals surface area contributed by atoms with Crippen LogP contribution in [0.25, 0.3) is 0 Å². The van der Waals surface area contributed by atoms with Crippen molar-refractivity contribution in [2.24, 2.45) is 0 Å². The predicted octanol–water partition coefficient (Wildman–Crippen LogP) is -0.0755. The zero-order valence-electron chi connectivity index (χ0n) is 9.41. The standard InChI is InChI=1S/C10H14BNO5/c1-2-16-8-5-3-4-7-9(6-12(14)15)17-11(13)10(7)8/h3-5,9,13-15H,2,6H2,1H3. The van der Waals surface area contributed by atoms with Gasteiger partial charge in [0.2, 0.25) is 0 Å². The van der Waals surface area contributed by atoms with Crippen molar-refractivity contribution in [2.45, 2.75) is 13.0 Å². The van der Waals surface area contributed by atoms with Crippen molar-refractivity contribution < 1.29 is 24.8 Å². The van der Waals surface area contributed by atoms with E-state index in [1.807, 2.05) is 6.92 Å². The second-order valence-corrected chi connectivity index (χ2v) is 3.72. The molecule has 3 N–H and O–H groups in total. The predicted molar refractivity (Wildman–Crippen MR) is 59.3 cm³/mol. The van der Waals surface area contributed by atoms with Crippen LogP contribution in [0.15, 0.2) is 18.2 Å². The molecule has 6 nitrogen and oxygen atoms in total. The SMILES string of the molecule is CCOc1cccc2c1B(O)OC2CN(O)O. The Bertz CT molecular complexity index is 400. The molecule has 0 radical (unpaired) electrons. The van der Waals surface area contributed by atoms with Crippen LogP contribution in [0.4, 0.5) is 0 Å². The molecular formula is C10H14BNO5. The molecular weight excluding hydrogens is 225 g/mol. The van der Waals surface area contributed by atoms with Crippen LogP contribution in [0.3, 0.4) is 0 Å². The van der Waals surface area contributed by atoms with Gasteiger partial charge < -0.3 is 14.4 Å². The summed E-state index contributed by atoms with van der Waals surface area (Å²) in [5.41, 5.74) is 1.26. The van der Waals surface area contributed by atoms with E-state index in [2.05, 4.69) is 0 Å². The first-order chi connectivity index (χ1) is 8.13. The lowest BCUT2D eigenvalue weighted by Gasteiger charge is -2.14. The average Bonchev–Trinajstić information content (AvgIpc) is 2.57. The van der Waals surface area contributed by atoms with Gasteiger partial charge in [-0.3, -0.25) is 10.4 Å². The van der Waals surface area contributed by atoms with Gasteiger partial charge in [-0.25, -0.2) is 0 Å². The molecule has 1 aliphatic rings. The quantitative estimate of drug-likeness (QED) is 0.503. The molecule has 0 bridgehead atoms. The molecule has 0 fully saturated rings. The fourth-order valence-corrected chi connectivity index (χ4v) is 1.97. The Labute approximate surface area is 99.1 Å². The van der Waals surface area contributed by atoms with Gasteiger partial charge in [-0.1, -0.05) is 17.4 Å². The number of benzene rings is 1. The Morgan fingerprint density at radius 3 is 2.88 bits per heavy atom. The Hall–Kier alpha value is -1.12. The van der Waals surface area contributed by atoms with Gasteiger partial charge in [-0.15, -0.1) is 0 Å². The molecule has 2 rings (SSSR count). The molecule has 1 aromatic rings. The number of nitrogens with zero attached hydrogens (tertiary/aromatic N) is 1. The number of rotatable bonds is 4. The summed E-state index contributed by atoms with van der Waals surface area (Å²) in [6.07, 6.45) is -0.588. The highest BCUT2D eigenvalue weighted by atomic mass is 16.8. The van der Waals surface area contributed by atoms with Gasteiger partial charge >= 0.3 is 7.12 Å². The van der Waals surface area contributed by atoms with E-state index >= 15 is 0 Å². The fourth-order valence-electron chi connectivity index (χ4n) is 1.97. The van der Waals surface area contributed by atoms with Crippen LogP contribution < -0.4 is 10.2 Å². The maximum atomic E-state index is 9.79. The van der Waals surface area contributed by atoms with Gasteiger partial charge in [0.25, 0.3) is 0 Å². The van der Waals surface area contributed by atoms with Gasteiger partial charge in [0, 0.05) is 5.46 Å². The molecule has 0 aromatic heterocycles. The second kappa shape index (κ2) is 5.03. The van der Waals surface area contributed by atoms with Crippen molar-refractivity contribution in [1.82, 2.24) is 5.23 Å². The summed E-state index contributed by atoms with van der Waals surface area (Å²) in [5.74, 6) is 0.558. The van der Waals surface area contributed by atoms with E-state index in [1.54, 1.807) is 18.2 Å². The molecule has 1 aromatic carbocycles. The summed E-state index contributed by atoms with van der Waals surface area (Å²) in [7, 11) is -1.10. The second-order valence-electron chi connectivity index (χ2n) is 3.72. The summed E-state index contributed by atoms with van der Waals surface area (Å²) >= 11 is 0. The maximum Gasteiger partial charge on any atom is 0.495 e. The van der Waals surface area contributed by atoms with Gasteiger partial charge in [0.1, 0.15) is 5.75 Å². The number of fused-ring (bicyclic) bond motifs is 1. The number of hydrogen-bond donors (Lipinski definition) is 3. The van der Waals surface area contributed by atoms with Crippen LogP contribution in [0, 0.1) is 0 Å². The summed E-state index contributed by atoms with van der Waals surface area (Å²) in [5, 5.41) is 27.4. The third-order valence-electron chi connectivity index (χ3n) is 2.62. The van der Waals surface area contributed by atoms with E-state index in [4.69, 9.17) is 19.8 Å². The van der Waals surface area contributed by atoms with Gasteiger partial charge in [0.15, 0.2) is 0 Å². The smallest absolute Gasteiger partial charge is 0.494 e. The van der Waals surface area contributed by atoms with E-state index in [-0.39, 0.29) is 11.8 Å². The summed E-state index contributed by atoms with van der Waals surface area (Å²) in [4.78, 5) is 0. The first-order valence-corrected chi connectivity index (χ1v) is 5.38. The van der Waals surface area contributed by atoms with Gasteiger partial charge in [0.05, 0.1) is 19.3 Å². The van der Waals surface area contributed by atoms with Crippen molar-refractivity contribution in [3.8, 4) is 5.75 Å². The van der Waals surface area contributed by atoms with Crippen LogP contribution in [0.2, 0.25) is 0 Å². The van der Waals surface area contributed by atoms with E-state index in [9.17, 15) is 5.02 Å². The van der Waals surface area contributed by atoms with Crippen LogP contribution in [-0.4, -0.2) is 40.9 Å². The summed E-state index contributed by atoms with van der Waals surface area (Å²) in [6, 6.07) is 5.28. The van der Waals surface area contributed by atoms with E-state index in [0.717, 1.165) is 0 Å². The zero-order valence-corrected chi connectivity index (χ0v) is 9.41. The maximum absolute atomic E-state index is 9.79. The van der Waals surface area contributed by atoms with Crippen molar-refractivity contribution in [3.63, 3.8) is 0 Å². The van der Waals surface area contributed by atoms with Crippen LogP contribution in [0.5, 0.6) is 5.75 Å². The molecule has 0 amide bonds. The molecule has 0 saturated heterocycles. The zero-order chi connectivity index (χ0) is 12.4. The Morgan fingerprint density at radius 1 is 1.47 bits per heavy atom. The molecule has 17 heavy (non-hydrogen) atoms. The van der Waals surface area contributed by atoms with Gasteiger partial charge in [-0.05, 0) is 18.6 Å². The fraction of sp³-hybridized carbons (Fsp3) is 0.400. The average molecular weight is 239 g/mol. The van der Waals surface area contributed by atoms with Crippen LogP contribution in [-0.2, 0) is 4.65 Å². The van der Waals surface area contributed by atoms with Gasteiger partial charge in [-0.2, -0.15) is 0 Å². The van der Waals surface area contributed by atoms with Crippen molar-refractivity contribution in [3.05, 3.63) is 23.8 Å². The van der Waals surface area contributed by atoms with Crippen LogP contribution >= 0.6 is 0 Å². The van der Waals surface area contributed by atoms with E-state index < -0.39 is 13.2 Å². The number of ether oxygens (including phenoxy) is 1. The third kappa shape index (κ3) is 2.43.